The van der Waals surface area contributed by atoms with Gasteiger partial charge in [-0.3, -0.25) is 48.1 Å². The first kappa shape index (κ1) is 57.4. The third kappa shape index (κ3) is 14.9. The number of carboxylic acid groups (broad SMARTS) is 1. The smallest absolute Gasteiger partial charge is 0.326 e. The van der Waals surface area contributed by atoms with Crippen molar-refractivity contribution in [3.8, 4) is 0 Å². The molecule has 6 heterocycles. The molecule has 10 atom stereocenters. The van der Waals surface area contributed by atoms with Gasteiger partial charge in [-0.2, -0.15) is 0 Å². The van der Waals surface area contributed by atoms with Gasteiger partial charge in [0, 0.05) is 51.0 Å². The van der Waals surface area contributed by atoms with Gasteiger partial charge < -0.3 is 73.1 Å². The first-order valence-electron chi connectivity index (χ1n) is 26.5. The largest absolute Gasteiger partial charge is 0.480 e. The van der Waals surface area contributed by atoms with Crippen LogP contribution < -0.4 is 43.4 Å². The number of aromatic amines is 1. The van der Waals surface area contributed by atoms with Crippen LogP contribution in [-0.4, -0.2) is 199 Å². The summed E-state index contributed by atoms with van der Waals surface area (Å²) in [4.78, 5) is 154. The van der Waals surface area contributed by atoms with Gasteiger partial charge in [0.25, 0.3) is 0 Å². The van der Waals surface area contributed by atoms with Crippen molar-refractivity contribution < 1.29 is 53.1 Å². The lowest BCUT2D eigenvalue weighted by molar-refractivity contribution is -0.152. The van der Waals surface area contributed by atoms with E-state index in [-0.39, 0.29) is 74.4 Å². The maximum absolute atomic E-state index is 14.4. The number of hydrogen-bond acceptors (Lipinski definition) is 13. The molecule has 0 saturated carbocycles. The number of aromatic nitrogens is 2. The molecule has 12 N–H and O–H groups in total. The number of carbonyl (C=O) groups excluding carboxylic acids is 9. The molecule has 6 rings (SSSR count). The molecule has 9 amide bonds. The third-order valence-corrected chi connectivity index (χ3v) is 14.7. The number of aliphatic carboxylic acids is 1. The predicted octanol–water partition coefficient (Wildman–Crippen LogP) is -2.68. The molecule has 414 valence electrons. The molecule has 5 aliphatic rings. The summed E-state index contributed by atoms with van der Waals surface area (Å²) < 4.78 is 0. The zero-order chi connectivity index (χ0) is 54.5. The Morgan fingerprint density at radius 2 is 1.13 bits per heavy atom. The summed E-state index contributed by atoms with van der Waals surface area (Å²) >= 11 is 0. The van der Waals surface area contributed by atoms with Crippen molar-refractivity contribution >= 4 is 65.1 Å². The van der Waals surface area contributed by atoms with Crippen LogP contribution in [-0.2, 0) is 54.4 Å². The Balaban J connectivity index is 1.07. The zero-order valence-electron chi connectivity index (χ0n) is 43.5. The molecule has 26 heteroatoms. The number of amides is 9. The Kier molecular flexibility index (Phi) is 20.3. The fraction of sp³-hybridized carbons (Fsp3) is 0.714. The van der Waals surface area contributed by atoms with Crippen molar-refractivity contribution in [3.63, 3.8) is 0 Å². The van der Waals surface area contributed by atoms with Crippen LogP contribution >= 0.6 is 0 Å². The Morgan fingerprint density at radius 1 is 0.640 bits per heavy atom. The fourth-order valence-electron chi connectivity index (χ4n) is 10.7. The van der Waals surface area contributed by atoms with Crippen LogP contribution in [0.1, 0.15) is 117 Å². The van der Waals surface area contributed by atoms with E-state index in [0.717, 1.165) is 19.4 Å². The summed E-state index contributed by atoms with van der Waals surface area (Å²) in [7, 11) is 0. The summed E-state index contributed by atoms with van der Waals surface area (Å²) in [6.45, 7) is 8.61. The van der Waals surface area contributed by atoms with Crippen molar-refractivity contribution in [1.82, 2.24) is 61.5 Å². The van der Waals surface area contributed by atoms with Crippen LogP contribution in [0.2, 0.25) is 0 Å². The van der Waals surface area contributed by atoms with Crippen LogP contribution in [0.5, 0.6) is 0 Å². The van der Waals surface area contributed by atoms with Gasteiger partial charge in [-0.15, -0.1) is 0 Å². The second kappa shape index (κ2) is 26.6. The van der Waals surface area contributed by atoms with Crippen LogP contribution in [0.3, 0.4) is 0 Å². The van der Waals surface area contributed by atoms with E-state index in [2.05, 4.69) is 46.9 Å². The Hall–Kier alpha value is -6.86. The van der Waals surface area contributed by atoms with Gasteiger partial charge in [0.2, 0.25) is 53.2 Å². The van der Waals surface area contributed by atoms with Gasteiger partial charge in [0.1, 0.15) is 54.4 Å². The molecule has 0 aromatic carbocycles. The number of rotatable bonds is 23. The molecular weight excluding hydrogens is 975 g/mol. The molecule has 1 aromatic heterocycles. The molecule has 0 aliphatic carbocycles. The van der Waals surface area contributed by atoms with Gasteiger partial charge >= 0.3 is 5.97 Å². The Morgan fingerprint density at radius 3 is 1.63 bits per heavy atom. The highest BCUT2D eigenvalue weighted by molar-refractivity contribution is 5.99. The van der Waals surface area contributed by atoms with E-state index in [1.54, 1.807) is 23.6 Å². The number of imidazole rings is 1. The zero-order valence-corrected chi connectivity index (χ0v) is 43.5. The maximum Gasteiger partial charge on any atom is 0.326 e. The van der Waals surface area contributed by atoms with Gasteiger partial charge in [0.15, 0.2) is 5.96 Å². The number of carbonyl (C=O) groups is 10. The summed E-state index contributed by atoms with van der Waals surface area (Å²) in [5, 5.41) is 25.8. The highest BCUT2D eigenvalue weighted by Crippen LogP contribution is 2.31. The van der Waals surface area contributed by atoms with Crippen molar-refractivity contribution in [2.45, 2.75) is 178 Å². The normalized spacial score (nSPS) is 23.5. The average molecular weight is 1050 g/mol. The Labute approximate surface area is 436 Å². The molecule has 0 unspecified atom stereocenters. The molecule has 26 nitrogen and oxygen atoms in total. The minimum Gasteiger partial charge on any atom is -0.480 e. The number of guanidine groups is 1. The number of nitrogens with two attached hydrogens (primary N) is 2. The van der Waals surface area contributed by atoms with Crippen molar-refractivity contribution in [2.24, 2.45) is 22.4 Å². The van der Waals surface area contributed by atoms with Crippen LogP contribution in [0.4, 0.5) is 0 Å². The van der Waals surface area contributed by atoms with Crippen molar-refractivity contribution in [3.05, 3.63) is 18.2 Å². The van der Waals surface area contributed by atoms with E-state index in [1.165, 1.54) is 36.2 Å². The van der Waals surface area contributed by atoms with Crippen molar-refractivity contribution in [2.75, 3.05) is 39.3 Å². The lowest BCUT2D eigenvalue weighted by atomic mass is 10.0. The highest BCUT2D eigenvalue weighted by atomic mass is 16.4. The van der Waals surface area contributed by atoms with E-state index in [1.807, 2.05) is 0 Å². The van der Waals surface area contributed by atoms with Crippen LogP contribution in [0.15, 0.2) is 17.5 Å². The number of H-pyrrole nitrogens is 1. The molecule has 0 spiro atoms. The van der Waals surface area contributed by atoms with E-state index in [0.29, 0.717) is 76.7 Å². The quantitative estimate of drug-likeness (QED) is 0.0303. The standard InChI is InChI=1S/C49H77N15O11/c1-27(2)23-34(48(74)75)60-40(66)28(3)56-42(68)33(24-30-25-52-26-55-30)59-41(67)31(11-5-18-54-49(50)51)58-39(65)29(4)57-43(69)35-13-7-19-61(35)45(71)37-15-9-21-63(37)47(73)38-16-10-22-64(38)46(72)36-14-8-20-62(36)44(70)32-12-6-17-53-32/h25-29,31-38,53H,5-24H2,1-4H3,(H,52,55)(H,56,68)(H,57,69)(H,58,65)(H,59,67)(H,60,66)(H,74,75)(H4,50,51,54)/t28-,29-,31-,32-,33-,34-,35-,36-,37-,38-/m0/s1. The second-order valence-electron chi connectivity index (χ2n) is 20.7. The second-order valence-corrected chi connectivity index (χ2v) is 20.7. The molecule has 5 aliphatic heterocycles. The van der Waals surface area contributed by atoms with Gasteiger partial charge in [-0.1, -0.05) is 13.8 Å². The number of hydrogen-bond donors (Lipinski definition) is 10. The van der Waals surface area contributed by atoms with Crippen molar-refractivity contribution in [1.29, 1.82) is 0 Å². The first-order valence-corrected chi connectivity index (χ1v) is 26.5. The first-order chi connectivity index (χ1) is 35.7. The summed E-state index contributed by atoms with van der Waals surface area (Å²) in [5.41, 5.74) is 11.5. The average Bonchev–Trinajstić information content (AvgIpc) is 4.23. The molecule has 5 fully saturated rings. The fourth-order valence-corrected chi connectivity index (χ4v) is 10.7. The summed E-state index contributed by atoms with van der Waals surface area (Å²) in [6.07, 6.45) is 8.54. The minimum absolute atomic E-state index is 0.0240. The summed E-state index contributed by atoms with van der Waals surface area (Å²) in [6, 6.07) is -9.84. The third-order valence-electron chi connectivity index (χ3n) is 14.7. The topological polar surface area (TPSA) is 369 Å². The molecule has 0 radical (unpaired) electrons. The van der Waals surface area contributed by atoms with E-state index < -0.39 is 95.8 Å². The number of nitrogens with zero attached hydrogens (tertiary/aromatic N) is 6. The molecule has 5 saturated heterocycles. The van der Waals surface area contributed by atoms with Gasteiger partial charge in [-0.25, -0.2) is 9.78 Å². The van der Waals surface area contributed by atoms with Gasteiger partial charge in [0.05, 0.1) is 12.4 Å². The molecule has 75 heavy (non-hydrogen) atoms. The highest BCUT2D eigenvalue weighted by Gasteiger charge is 2.48. The lowest BCUT2D eigenvalue weighted by Gasteiger charge is -2.36. The SMILES string of the molecule is CC(C)C[C@H](NC(=O)[C@H](C)NC(=O)[C@H](Cc1cnc[nH]1)NC(=O)[C@H](CCCN=C(N)N)NC(=O)[C@H](C)NC(=O)[C@@H]1CCCN1C(=O)[C@@H]1CCCN1C(=O)[C@@H]1CCCN1C(=O)[C@@H]1CCCN1C(=O)[C@@H]1CCCN1)C(=O)O. The van der Waals surface area contributed by atoms with Crippen LogP contribution in [0.25, 0.3) is 0 Å². The number of likely N-dealkylation sites (tertiary alicyclic amines) is 4. The maximum atomic E-state index is 14.4. The molecule has 1 aromatic rings. The van der Waals surface area contributed by atoms with E-state index >= 15 is 0 Å². The predicted molar refractivity (Wildman–Crippen MR) is 270 cm³/mol. The minimum atomic E-state index is -1.33. The molecule has 0 bridgehead atoms. The molecular formula is C49H77N15O11. The number of aliphatic imine (C=N–C) groups is 1. The monoisotopic (exact) mass is 1050 g/mol. The number of nitrogens with one attached hydrogen (secondary N) is 7. The van der Waals surface area contributed by atoms with Crippen LogP contribution in [0, 0.1) is 5.92 Å². The van der Waals surface area contributed by atoms with E-state index in [4.69, 9.17) is 11.5 Å². The summed E-state index contributed by atoms with van der Waals surface area (Å²) in [5.74, 6) is -6.27. The number of carboxylic acids is 1. The van der Waals surface area contributed by atoms with Gasteiger partial charge in [-0.05, 0) is 110 Å². The lowest BCUT2D eigenvalue weighted by Crippen LogP contribution is -2.59. The van der Waals surface area contributed by atoms with E-state index in [9.17, 15) is 53.1 Å². The Bertz CT molecular complexity index is 2270.